The highest BCUT2D eigenvalue weighted by Gasteiger charge is 2.29. The number of hydrogen-bond donors (Lipinski definition) is 0. The SMILES string of the molecule is C1=Cc2c(n(-c3cccc(-c4nc(-c5ccccc5)nc(-c5ccccc5)n4)c3)c3c4c5c6c(cccc6n(-c6ccc(-c7ccccc7)cc6)c5cc23)CC4)CC1. The molecule has 0 bridgehead atoms. The molecule has 2 aliphatic rings. The summed E-state index contributed by atoms with van der Waals surface area (Å²) in [7, 11) is 0. The van der Waals surface area contributed by atoms with Gasteiger partial charge in [-0.05, 0) is 84.3 Å². The first-order chi connectivity index (χ1) is 28.8. The van der Waals surface area contributed by atoms with E-state index in [9.17, 15) is 0 Å². The topological polar surface area (TPSA) is 48.5 Å². The van der Waals surface area contributed by atoms with Crippen LogP contribution in [0.2, 0.25) is 0 Å². The fraction of sp³-hybridized carbons (Fsp3) is 0.0755. The highest BCUT2D eigenvalue weighted by molar-refractivity contribution is 6.19. The first-order valence-corrected chi connectivity index (χ1v) is 20.2. The lowest BCUT2D eigenvalue weighted by Crippen LogP contribution is -2.06. The molecule has 0 atom stereocenters. The van der Waals surface area contributed by atoms with Crippen molar-refractivity contribution in [1.82, 2.24) is 24.1 Å². The Morgan fingerprint density at radius 3 is 1.76 bits per heavy atom. The third-order valence-corrected chi connectivity index (χ3v) is 12.1. The Hall–Kier alpha value is -7.37. The van der Waals surface area contributed by atoms with Gasteiger partial charge in [0.2, 0.25) is 0 Å². The van der Waals surface area contributed by atoms with E-state index in [1.807, 2.05) is 36.4 Å². The third-order valence-electron chi connectivity index (χ3n) is 12.1. The van der Waals surface area contributed by atoms with Crippen LogP contribution in [0.4, 0.5) is 0 Å². The van der Waals surface area contributed by atoms with E-state index in [0.717, 1.165) is 48.1 Å². The van der Waals surface area contributed by atoms with E-state index in [4.69, 9.17) is 15.0 Å². The first-order valence-electron chi connectivity index (χ1n) is 20.2. The van der Waals surface area contributed by atoms with Gasteiger partial charge in [0.15, 0.2) is 17.5 Å². The maximum Gasteiger partial charge on any atom is 0.164 e. The molecule has 2 aliphatic carbocycles. The number of rotatable bonds is 6. The zero-order valence-corrected chi connectivity index (χ0v) is 31.8. The number of fused-ring (bicyclic) bond motifs is 4. The van der Waals surface area contributed by atoms with Crippen LogP contribution in [-0.4, -0.2) is 24.1 Å². The van der Waals surface area contributed by atoms with Crippen molar-refractivity contribution in [3.63, 3.8) is 0 Å². The predicted octanol–water partition coefficient (Wildman–Crippen LogP) is 12.6. The molecule has 7 aromatic carbocycles. The van der Waals surface area contributed by atoms with E-state index in [2.05, 4.69) is 149 Å². The van der Waals surface area contributed by atoms with Crippen LogP contribution in [0.1, 0.15) is 28.8 Å². The first kappa shape index (κ1) is 32.8. The van der Waals surface area contributed by atoms with Gasteiger partial charge in [-0.25, -0.2) is 15.0 Å². The van der Waals surface area contributed by atoms with Crippen LogP contribution < -0.4 is 0 Å². The van der Waals surface area contributed by atoms with Crippen molar-refractivity contribution >= 4 is 38.8 Å². The second kappa shape index (κ2) is 13.1. The molecule has 0 spiro atoms. The summed E-state index contributed by atoms with van der Waals surface area (Å²) in [6.07, 6.45) is 8.69. The van der Waals surface area contributed by atoms with Crippen molar-refractivity contribution in [3.8, 4) is 56.7 Å². The summed E-state index contributed by atoms with van der Waals surface area (Å²) < 4.78 is 5.07. The second-order valence-corrected chi connectivity index (χ2v) is 15.4. The molecule has 5 nitrogen and oxygen atoms in total. The molecule has 10 aromatic rings. The number of benzene rings is 7. The molecule has 3 heterocycles. The number of allylic oxidation sites excluding steroid dienone is 1. The summed E-state index contributed by atoms with van der Waals surface area (Å²) >= 11 is 0. The predicted molar refractivity (Wildman–Crippen MR) is 238 cm³/mol. The van der Waals surface area contributed by atoms with Crippen molar-refractivity contribution in [1.29, 1.82) is 0 Å². The molecule has 0 amide bonds. The van der Waals surface area contributed by atoms with Crippen molar-refractivity contribution in [3.05, 3.63) is 192 Å². The molecular weight excluding hydrogens is 707 g/mol. The molecular formula is C53H37N5. The fourth-order valence-electron chi connectivity index (χ4n) is 9.51. The van der Waals surface area contributed by atoms with Gasteiger partial charge in [0.05, 0.1) is 16.6 Å². The number of nitrogens with zero attached hydrogens (tertiary/aromatic N) is 5. The highest BCUT2D eigenvalue weighted by atomic mass is 15.0. The number of aromatic nitrogens is 5. The van der Waals surface area contributed by atoms with E-state index in [1.165, 1.54) is 71.9 Å². The third kappa shape index (κ3) is 5.13. The molecule has 12 rings (SSSR count). The molecule has 0 N–H and O–H groups in total. The molecule has 0 fully saturated rings. The smallest absolute Gasteiger partial charge is 0.164 e. The average molecular weight is 744 g/mol. The zero-order valence-electron chi connectivity index (χ0n) is 31.8. The van der Waals surface area contributed by atoms with E-state index in [1.54, 1.807) is 0 Å². The summed E-state index contributed by atoms with van der Waals surface area (Å²) in [5, 5.41) is 4.07. The Labute approximate surface area is 336 Å². The monoisotopic (exact) mass is 743 g/mol. The van der Waals surface area contributed by atoms with E-state index in [0.29, 0.717) is 17.5 Å². The number of hydrogen-bond acceptors (Lipinski definition) is 3. The Morgan fingerprint density at radius 2 is 1.05 bits per heavy atom. The lowest BCUT2D eigenvalue weighted by Gasteiger charge is -2.18. The second-order valence-electron chi connectivity index (χ2n) is 15.4. The molecule has 0 radical (unpaired) electrons. The molecule has 58 heavy (non-hydrogen) atoms. The van der Waals surface area contributed by atoms with Crippen LogP contribution in [0.5, 0.6) is 0 Å². The lowest BCUT2D eigenvalue weighted by atomic mass is 9.89. The summed E-state index contributed by atoms with van der Waals surface area (Å²) in [5.74, 6) is 1.99. The standard InChI is InChI=1S/C53H37N5/c1-4-14-34(15-5-1)35-26-29-40(30-27-35)57-46-25-13-20-36-28-31-43-49(48(36)46)47(57)33-44-42-23-10-11-24-45(42)58(50(43)44)41-22-12-21-39(32-41)53-55-51(37-16-6-2-7-17-37)54-52(56-53)38-18-8-3-9-19-38/h1-10,12-23,25-27,29-30,32-33H,11,24,28,31H2. The zero-order chi connectivity index (χ0) is 38.2. The Morgan fingerprint density at radius 1 is 0.431 bits per heavy atom. The van der Waals surface area contributed by atoms with Crippen molar-refractivity contribution in [2.75, 3.05) is 0 Å². The van der Waals surface area contributed by atoms with Gasteiger partial charge in [0, 0.05) is 55.5 Å². The minimum Gasteiger partial charge on any atom is -0.313 e. The maximum atomic E-state index is 5.10. The Balaban J connectivity index is 1.08. The Kier molecular flexibility index (Phi) is 7.42. The van der Waals surface area contributed by atoms with Crippen LogP contribution in [0.15, 0.2) is 170 Å². The van der Waals surface area contributed by atoms with Gasteiger partial charge < -0.3 is 9.13 Å². The van der Waals surface area contributed by atoms with Crippen LogP contribution in [0, 0.1) is 0 Å². The molecule has 0 aliphatic heterocycles. The molecule has 274 valence electrons. The summed E-state index contributed by atoms with van der Waals surface area (Å²) in [5.41, 5.74) is 17.1. The normalized spacial score (nSPS) is 13.2. The summed E-state index contributed by atoms with van der Waals surface area (Å²) in [4.78, 5) is 15.2. The van der Waals surface area contributed by atoms with Gasteiger partial charge in [-0.15, -0.1) is 0 Å². The van der Waals surface area contributed by atoms with Crippen LogP contribution >= 0.6 is 0 Å². The average Bonchev–Trinajstić information content (AvgIpc) is 3.82. The van der Waals surface area contributed by atoms with Gasteiger partial charge in [0.1, 0.15) is 0 Å². The van der Waals surface area contributed by atoms with Gasteiger partial charge in [-0.1, -0.05) is 140 Å². The quantitative estimate of drug-likeness (QED) is 0.170. The minimum absolute atomic E-state index is 0.662. The Bertz CT molecular complexity index is 3190. The van der Waals surface area contributed by atoms with E-state index in [-0.39, 0.29) is 0 Å². The van der Waals surface area contributed by atoms with Crippen LogP contribution in [0.3, 0.4) is 0 Å². The van der Waals surface area contributed by atoms with Crippen molar-refractivity contribution < 1.29 is 0 Å². The van der Waals surface area contributed by atoms with E-state index < -0.39 is 0 Å². The van der Waals surface area contributed by atoms with E-state index >= 15 is 0 Å². The molecule has 0 saturated carbocycles. The summed E-state index contributed by atoms with van der Waals surface area (Å²) in [6.45, 7) is 0. The van der Waals surface area contributed by atoms with Gasteiger partial charge in [0.25, 0.3) is 0 Å². The van der Waals surface area contributed by atoms with Crippen LogP contribution in [0.25, 0.3) is 95.5 Å². The van der Waals surface area contributed by atoms with Crippen molar-refractivity contribution in [2.45, 2.75) is 25.7 Å². The summed E-state index contributed by atoms with van der Waals surface area (Å²) in [6, 6.07) is 58.3. The molecule has 0 unspecified atom stereocenters. The maximum absolute atomic E-state index is 5.10. The number of aryl methyl sites for hydroxylation is 2. The minimum atomic E-state index is 0.662. The highest BCUT2D eigenvalue weighted by Crippen LogP contribution is 2.46. The fourth-order valence-corrected chi connectivity index (χ4v) is 9.51. The molecule has 5 heteroatoms. The largest absolute Gasteiger partial charge is 0.313 e. The van der Waals surface area contributed by atoms with Gasteiger partial charge in [-0.3, -0.25) is 0 Å². The van der Waals surface area contributed by atoms with Crippen LogP contribution in [-0.2, 0) is 19.3 Å². The van der Waals surface area contributed by atoms with Gasteiger partial charge in [-0.2, -0.15) is 0 Å². The lowest BCUT2D eigenvalue weighted by molar-refractivity contribution is 0.882. The molecule has 3 aromatic heterocycles. The van der Waals surface area contributed by atoms with Gasteiger partial charge >= 0.3 is 0 Å². The van der Waals surface area contributed by atoms with Crippen molar-refractivity contribution in [2.24, 2.45) is 0 Å². The molecule has 0 saturated heterocycles.